The van der Waals surface area contributed by atoms with Gasteiger partial charge in [-0.3, -0.25) is 0 Å². The van der Waals surface area contributed by atoms with E-state index in [0.717, 1.165) is 23.4 Å². The molecule has 94 valence electrons. The van der Waals surface area contributed by atoms with Crippen molar-refractivity contribution in [3.8, 4) is 6.01 Å². The van der Waals surface area contributed by atoms with Gasteiger partial charge in [-0.2, -0.15) is 0 Å². The molecule has 0 amide bonds. The van der Waals surface area contributed by atoms with E-state index in [1.165, 1.54) is 0 Å². The number of benzene rings is 1. The first-order valence-electron chi connectivity index (χ1n) is 5.93. The van der Waals surface area contributed by atoms with Crippen molar-refractivity contribution in [3.63, 3.8) is 0 Å². The van der Waals surface area contributed by atoms with Crippen molar-refractivity contribution in [1.29, 1.82) is 0 Å². The molecule has 0 unspecified atom stereocenters. The van der Waals surface area contributed by atoms with Gasteiger partial charge in [-0.05, 0) is 19.5 Å². The normalized spacial score (nSPS) is 10.3. The predicted octanol–water partition coefficient (Wildman–Crippen LogP) is 2.08. The lowest BCUT2D eigenvalue weighted by Crippen LogP contribution is -2.09. The summed E-state index contributed by atoms with van der Waals surface area (Å²) in [6.07, 6.45) is 1.80. The van der Waals surface area contributed by atoms with E-state index in [1.54, 1.807) is 6.20 Å². The van der Waals surface area contributed by atoms with Gasteiger partial charge in [0.2, 0.25) is 0 Å². The first-order chi connectivity index (χ1) is 8.79. The number of hydrogen-bond acceptors (Lipinski definition) is 4. The van der Waals surface area contributed by atoms with Crippen molar-refractivity contribution in [2.24, 2.45) is 0 Å². The second-order valence-electron chi connectivity index (χ2n) is 4.07. The molecule has 0 saturated heterocycles. The lowest BCUT2D eigenvalue weighted by molar-refractivity contribution is 0.279. The maximum Gasteiger partial charge on any atom is 0.316 e. The standard InChI is InChI=1S/C14H17N3O/c1-11-13(8-15-2)9-16-14(17-11)18-10-12-6-4-3-5-7-12/h3-7,9,15H,8,10H2,1-2H3. The lowest BCUT2D eigenvalue weighted by atomic mass is 10.2. The number of rotatable bonds is 5. The highest BCUT2D eigenvalue weighted by Gasteiger charge is 2.03. The molecule has 0 atom stereocenters. The fourth-order valence-electron chi connectivity index (χ4n) is 1.63. The third kappa shape index (κ3) is 3.28. The van der Waals surface area contributed by atoms with Crippen LogP contribution in [0.25, 0.3) is 0 Å². The van der Waals surface area contributed by atoms with Gasteiger partial charge in [0.15, 0.2) is 0 Å². The molecule has 18 heavy (non-hydrogen) atoms. The molecular formula is C14H17N3O. The van der Waals surface area contributed by atoms with Crippen LogP contribution in [0.3, 0.4) is 0 Å². The lowest BCUT2D eigenvalue weighted by Gasteiger charge is -2.07. The summed E-state index contributed by atoms with van der Waals surface area (Å²) in [4.78, 5) is 8.53. The zero-order chi connectivity index (χ0) is 12.8. The van der Waals surface area contributed by atoms with Crippen LogP contribution < -0.4 is 10.1 Å². The molecule has 0 aliphatic rings. The van der Waals surface area contributed by atoms with E-state index in [1.807, 2.05) is 44.3 Å². The highest BCUT2D eigenvalue weighted by molar-refractivity contribution is 5.18. The average Bonchev–Trinajstić information content (AvgIpc) is 2.41. The number of nitrogens with one attached hydrogen (secondary N) is 1. The SMILES string of the molecule is CNCc1cnc(OCc2ccccc2)nc1C. The van der Waals surface area contributed by atoms with Gasteiger partial charge in [0.05, 0.1) is 0 Å². The quantitative estimate of drug-likeness (QED) is 0.873. The molecule has 0 fully saturated rings. The van der Waals surface area contributed by atoms with Gasteiger partial charge >= 0.3 is 6.01 Å². The fraction of sp³-hybridized carbons (Fsp3) is 0.286. The minimum atomic E-state index is 0.427. The summed E-state index contributed by atoms with van der Waals surface area (Å²) in [6.45, 7) is 3.22. The van der Waals surface area contributed by atoms with E-state index in [0.29, 0.717) is 12.6 Å². The molecule has 1 aromatic carbocycles. The van der Waals surface area contributed by atoms with Gasteiger partial charge in [0.1, 0.15) is 6.61 Å². The van der Waals surface area contributed by atoms with E-state index < -0.39 is 0 Å². The Balaban J connectivity index is 2.00. The first-order valence-corrected chi connectivity index (χ1v) is 5.93. The topological polar surface area (TPSA) is 47.0 Å². The minimum absolute atomic E-state index is 0.427. The molecule has 2 rings (SSSR count). The molecule has 4 heteroatoms. The Morgan fingerprint density at radius 1 is 1.22 bits per heavy atom. The van der Waals surface area contributed by atoms with Crippen LogP contribution in [-0.4, -0.2) is 17.0 Å². The van der Waals surface area contributed by atoms with Gasteiger partial charge in [-0.25, -0.2) is 9.97 Å². The van der Waals surface area contributed by atoms with Gasteiger partial charge in [0, 0.05) is 24.0 Å². The number of aromatic nitrogens is 2. The van der Waals surface area contributed by atoms with Crippen molar-refractivity contribution in [2.75, 3.05) is 7.05 Å². The van der Waals surface area contributed by atoms with Gasteiger partial charge in [-0.15, -0.1) is 0 Å². The third-order valence-corrected chi connectivity index (χ3v) is 2.64. The van der Waals surface area contributed by atoms with Crippen molar-refractivity contribution in [1.82, 2.24) is 15.3 Å². The zero-order valence-electron chi connectivity index (χ0n) is 10.7. The molecule has 0 aliphatic carbocycles. The van der Waals surface area contributed by atoms with Crippen LogP contribution in [0.15, 0.2) is 36.5 Å². The van der Waals surface area contributed by atoms with Crippen molar-refractivity contribution in [3.05, 3.63) is 53.3 Å². The molecule has 0 radical (unpaired) electrons. The molecule has 0 spiro atoms. The Hall–Kier alpha value is -1.94. The Labute approximate surface area is 107 Å². The van der Waals surface area contributed by atoms with Crippen molar-refractivity contribution in [2.45, 2.75) is 20.1 Å². The second kappa shape index (κ2) is 6.12. The Kier molecular flexibility index (Phi) is 4.25. The van der Waals surface area contributed by atoms with E-state index >= 15 is 0 Å². The average molecular weight is 243 g/mol. The predicted molar refractivity (Wildman–Crippen MR) is 70.3 cm³/mol. The molecule has 0 aliphatic heterocycles. The van der Waals surface area contributed by atoms with Crippen molar-refractivity contribution >= 4 is 0 Å². The summed E-state index contributed by atoms with van der Waals surface area (Å²) >= 11 is 0. The molecule has 0 bridgehead atoms. The first kappa shape index (κ1) is 12.5. The molecular weight excluding hydrogens is 226 g/mol. The van der Waals surface area contributed by atoms with Crippen LogP contribution >= 0.6 is 0 Å². The van der Waals surface area contributed by atoms with Gasteiger partial charge in [0.25, 0.3) is 0 Å². The number of ether oxygens (including phenoxy) is 1. The van der Waals surface area contributed by atoms with Crippen LogP contribution in [0.2, 0.25) is 0 Å². The fourth-order valence-corrected chi connectivity index (χ4v) is 1.63. The maximum absolute atomic E-state index is 5.56. The largest absolute Gasteiger partial charge is 0.459 e. The molecule has 0 saturated carbocycles. The Morgan fingerprint density at radius 3 is 2.67 bits per heavy atom. The smallest absolute Gasteiger partial charge is 0.316 e. The van der Waals surface area contributed by atoms with Gasteiger partial charge in [-0.1, -0.05) is 30.3 Å². The Bertz CT molecular complexity index is 500. The summed E-state index contributed by atoms with van der Waals surface area (Å²) < 4.78 is 5.56. The highest BCUT2D eigenvalue weighted by Crippen LogP contribution is 2.10. The van der Waals surface area contributed by atoms with E-state index in [9.17, 15) is 0 Å². The molecule has 1 N–H and O–H groups in total. The van der Waals surface area contributed by atoms with Crippen LogP contribution in [0.1, 0.15) is 16.8 Å². The Morgan fingerprint density at radius 2 is 2.00 bits per heavy atom. The molecule has 1 heterocycles. The number of nitrogens with zero attached hydrogens (tertiary/aromatic N) is 2. The van der Waals surface area contributed by atoms with Crippen molar-refractivity contribution < 1.29 is 4.74 Å². The zero-order valence-corrected chi connectivity index (χ0v) is 10.7. The van der Waals surface area contributed by atoms with Gasteiger partial charge < -0.3 is 10.1 Å². The van der Waals surface area contributed by atoms with E-state index in [-0.39, 0.29) is 0 Å². The summed E-state index contributed by atoms with van der Waals surface area (Å²) in [5.74, 6) is 0. The summed E-state index contributed by atoms with van der Waals surface area (Å²) in [7, 11) is 1.90. The summed E-state index contributed by atoms with van der Waals surface area (Å²) in [5, 5.41) is 3.08. The summed E-state index contributed by atoms with van der Waals surface area (Å²) in [6, 6.07) is 10.4. The molecule has 4 nitrogen and oxygen atoms in total. The maximum atomic E-state index is 5.56. The second-order valence-corrected chi connectivity index (χ2v) is 4.07. The number of aryl methyl sites for hydroxylation is 1. The minimum Gasteiger partial charge on any atom is -0.459 e. The number of hydrogen-bond donors (Lipinski definition) is 1. The van der Waals surface area contributed by atoms with Crippen LogP contribution in [0.4, 0.5) is 0 Å². The third-order valence-electron chi connectivity index (χ3n) is 2.64. The van der Waals surface area contributed by atoms with Crippen LogP contribution in [-0.2, 0) is 13.2 Å². The highest BCUT2D eigenvalue weighted by atomic mass is 16.5. The van der Waals surface area contributed by atoms with Crippen LogP contribution in [0.5, 0.6) is 6.01 Å². The van der Waals surface area contributed by atoms with E-state index in [4.69, 9.17) is 4.74 Å². The van der Waals surface area contributed by atoms with E-state index in [2.05, 4.69) is 15.3 Å². The molecule has 1 aromatic heterocycles. The molecule has 2 aromatic rings. The monoisotopic (exact) mass is 243 g/mol. The van der Waals surface area contributed by atoms with Crippen LogP contribution in [0, 0.1) is 6.92 Å². The summed E-state index contributed by atoms with van der Waals surface area (Å²) in [5.41, 5.74) is 3.14.